The number of hydrogen-bond donors (Lipinski definition) is 2. The molecular weight excluding hydrogens is 433 g/mol. The third kappa shape index (κ3) is 3.97. The summed E-state index contributed by atoms with van der Waals surface area (Å²) in [7, 11) is 0. The zero-order chi connectivity index (χ0) is 21.4. The maximum atomic E-state index is 6.13. The molecule has 0 bridgehead atoms. The van der Waals surface area contributed by atoms with Crippen LogP contribution >= 0.6 is 23.2 Å². The Morgan fingerprint density at radius 3 is 2.77 bits per heavy atom. The second-order valence-electron chi connectivity index (χ2n) is 7.05. The van der Waals surface area contributed by atoms with E-state index >= 15 is 0 Å². The molecule has 0 spiro atoms. The minimum Gasteiger partial charge on any atom is -0.352 e. The van der Waals surface area contributed by atoms with Gasteiger partial charge >= 0.3 is 0 Å². The van der Waals surface area contributed by atoms with Gasteiger partial charge in [0, 0.05) is 24.0 Å². The lowest BCUT2D eigenvalue weighted by Gasteiger charge is -2.04. The molecule has 154 valence electrons. The standard InChI is InChI=1S/C22H17Cl2N7/c1-13-3-2-4-18(28-13)21-20(15-7-8-31-19(10-15)26-12-27-31)29-22(30-21)25-11-14-5-6-16(23)17(24)9-14/h2-10,12H,11H2,1H3,(H2,25,29,30). The van der Waals surface area contributed by atoms with Crippen LogP contribution in [0.1, 0.15) is 11.3 Å². The third-order valence-corrected chi connectivity index (χ3v) is 5.59. The molecule has 0 saturated carbocycles. The van der Waals surface area contributed by atoms with Crippen LogP contribution in [0.5, 0.6) is 0 Å². The van der Waals surface area contributed by atoms with E-state index in [1.54, 1.807) is 10.6 Å². The average Bonchev–Trinajstić information content (AvgIpc) is 3.41. The van der Waals surface area contributed by atoms with Crippen molar-refractivity contribution in [3.63, 3.8) is 0 Å². The molecule has 0 fully saturated rings. The number of pyridine rings is 2. The number of H-pyrrole nitrogens is 1. The molecule has 0 radical (unpaired) electrons. The van der Waals surface area contributed by atoms with Crippen LogP contribution in [0, 0.1) is 6.92 Å². The van der Waals surface area contributed by atoms with Crippen LogP contribution in [-0.4, -0.2) is 29.5 Å². The summed E-state index contributed by atoms with van der Waals surface area (Å²) in [5.41, 5.74) is 5.99. The van der Waals surface area contributed by atoms with Gasteiger partial charge < -0.3 is 10.3 Å². The van der Waals surface area contributed by atoms with Gasteiger partial charge in [0.05, 0.1) is 21.4 Å². The zero-order valence-electron chi connectivity index (χ0n) is 16.5. The fraction of sp³-hybridized carbons (Fsp3) is 0.0909. The monoisotopic (exact) mass is 449 g/mol. The fourth-order valence-corrected chi connectivity index (χ4v) is 3.65. The van der Waals surface area contributed by atoms with Crippen LogP contribution in [0.15, 0.2) is 61.1 Å². The predicted octanol–water partition coefficient (Wildman–Crippen LogP) is 5.41. The van der Waals surface area contributed by atoms with Gasteiger partial charge in [-0.1, -0.05) is 35.3 Å². The molecule has 0 saturated heterocycles. The summed E-state index contributed by atoms with van der Waals surface area (Å²) in [6, 6.07) is 15.4. The summed E-state index contributed by atoms with van der Waals surface area (Å²) in [5.74, 6) is 0.626. The number of hydrogen-bond acceptors (Lipinski definition) is 5. The quantitative estimate of drug-likeness (QED) is 0.374. The van der Waals surface area contributed by atoms with E-state index in [1.807, 2.05) is 55.6 Å². The van der Waals surface area contributed by atoms with E-state index < -0.39 is 0 Å². The van der Waals surface area contributed by atoms with E-state index in [4.69, 9.17) is 28.2 Å². The molecule has 4 aromatic heterocycles. The molecule has 0 atom stereocenters. The predicted molar refractivity (Wildman–Crippen MR) is 122 cm³/mol. The van der Waals surface area contributed by atoms with Gasteiger partial charge in [0.1, 0.15) is 12.0 Å². The van der Waals surface area contributed by atoms with Crippen molar-refractivity contribution in [3.8, 4) is 22.6 Å². The van der Waals surface area contributed by atoms with Gasteiger partial charge in [0.2, 0.25) is 5.95 Å². The Balaban J connectivity index is 1.53. The molecule has 31 heavy (non-hydrogen) atoms. The number of aryl methyl sites for hydroxylation is 1. The van der Waals surface area contributed by atoms with Gasteiger partial charge in [0.25, 0.3) is 0 Å². The highest BCUT2D eigenvalue weighted by atomic mass is 35.5. The van der Waals surface area contributed by atoms with E-state index in [9.17, 15) is 0 Å². The van der Waals surface area contributed by atoms with Crippen LogP contribution in [0.4, 0.5) is 5.95 Å². The first-order valence-corrected chi connectivity index (χ1v) is 10.3. The Bertz CT molecular complexity index is 1390. The highest BCUT2D eigenvalue weighted by molar-refractivity contribution is 6.42. The van der Waals surface area contributed by atoms with Gasteiger partial charge in [-0.25, -0.2) is 14.5 Å². The lowest BCUT2D eigenvalue weighted by atomic mass is 10.1. The van der Waals surface area contributed by atoms with E-state index in [2.05, 4.69) is 25.4 Å². The van der Waals surface area contributed by atoms with Crippen molar-refractivity contribution in [2.24, 2.45) is 0 Å². The number of anilines is 1. The smallest absolute Gasteiger partial charge is 0.201 e. The second-order valence-corrected chi connectivity index (χ2v) is 7.87. The molecule has 0 aliphatic rings. The number of halogens is 2. The lowest BCUT2D eigenvalue weighted by Crippen LogP contribution is -2.01. The molecule has 7 nitrogen and oxygen atoms in total. The maximum absolute atomic E-state index is 6.13. The molecule has 4 heterocycles. The molecule has 0 unspecified atom stereocenters. The number of benzene rings is 1. The molecular formula is C22H17Cl2N7. The normalized spacial score (nSPS) is 11.2. The second kappa shape index (κ2) is 8.02. The van der Waals surface area contributed by atoms with E-state index in [1.165, 1.54) is 6.33 Å². The molecule has 5 aromatic rings. The van der Waals surface area contributed by atoms with Crippen molar-refractivity contribution in [1.82, 2.24) is 29.5 Å². The van der Waals surface area contributed by atoms with Crippen molar-refractivity contribution in [3.05, 3.63) is 82.4 Å². The summed E-state index contributed by atoms with van der Waals surface area (Å²) in [5, 5.41) is 8.54. The van der Waals surface area contributed by atoms with E-state index in [0.29, 0.717) is 22.5 Å². The summed E-state index contributed by atoms with van der Waals surface area (Å²) < 4.78 is 1.71. The third-order valence-electron chi connectivity index (χ3n) is 4.85. The number of nitrogens with one attached hydrogen (secondary N) is 2. The molecule has 0 aliphatic carbocycles. The largest absolute Gasteiger partial charge is 0.352 e. The topological polar surface area (TPSA) is 83.8 Å². The number of aromatic nitrogens is 6. The number of fused-ring (bicyclic) bond motifs is 1. The van der Waals surface area contributed by atoms with Crippen molar-refractivity contribution in [1.29, 1.82) is 0 Å². The van der Waals surface area contributed by atoms with E-state index in [0.717, 1.165) is 39.5 Å². The van der Waals surface area contributed by atoms with Crippen LogP contribution in [0.2, 0.25) is 10.0 Å². The molecule has 5 rings (SSSR count). The number of nitrogens with zero attached hydrogens (tertiary/aromatic N) is 5. The maximum Gasteiger partial charge on any atom is 0.201 e. The molecule has 0 aliphatic heterocycles. The molecule has 1 aromatic carbocycles. The summed E-state index contributed by atoms with van der Waals surface area (Å²) in [4.78, 5) is 17.1. The number of rotatable bonds is 5. The van der Waals surface area contributed by atoms with Gasteiger partial charge in [0.15, 0.2) is 5.65 Å². The SMILES string of the molecule is Cc1cccc(-c2[nH]c(NCc3ccc(Cl)c(Cl)c3)nc2-c2ccn3ncnc3c2)n1. The number of aromatic amines is 1. The highest BCUT2D eigenvalue weighted by Gasteiger charge is 2.16. The van der Waals surface area contributed by atoms with E-state index in [-0.39, 0.29) is 0 Å². The first-order valence-electron chi connectivity index (χ1n) is 9.58. The van der Waals surface area contributed by atoms with Crippen molar-refractivity contribution in [2.75, 3.05) is 5.32 Å². The average molecular weight is 450 g/mol. The van der Waals surface area contributed by atoms with Crippen molar-refractivity contribution >= 4 is 34.8 Å². The van der Waals surface area contributed by atoms with Crippen molar-refractivity contribution < 1.29 is 0 Å². The van der Waals surface area contributed by atoms with Gasteiger partial charge in [-0.15, -0.1) is 0 Å². The van der Waals surface area contributed by atoms with Crippen LogP contribution in [0.25, 0.3) is 28.3 Å². The highest BCUT2D eigenvalue weighted by Crippen LogP contribution is 2.31. The first kappa shape index (κ1) is 19.5. The van der Waals surface area contributed by atoms with Crippen LogP contribution in [0.3, 0.4) is 0 Å². The summed E-state index contributed by atoms with van der Waals surface area (Å²) in [6.07, 6.45) is 3.39. The fourth-order valence-electron chi connectivity index (χ4n) is 3.33. The Morgan fingerprint density at radius 1 is 1.03 bits per heavy atom. The minimum absolute atomic E-state index is 0.521. The first-order chi connectivity index (χ1) is 15.1. The Morgan fingerprint density at radius 2 is 1.94 bits per heavy atom. The molecule has 9 heteroatoms. The van der Waals surface area contributed by atoms with Gasteiger partial charge in [-0.2, -0.15) is 5.10 Å². The van der Waals surface area contributed by atoms with Crippen molar-refractivity contribution in [2.45, 2.75) is 13.5 Å². The van der Waals surface area contributed by atoms with Crippen LogP contribution < -0.4 is 5.32 Å². The zero-order valence-corrected chi connectivity index (χ0v) is 18.0. The van der Waals surface area contributed by atoms with Crippen LogP contribution in [-0.2, 0) is 6.54 Å². The Labute approximate surface area is 188 Å². The Hall–Kier alpha value is -3.42. The summed E-state index contributed by atoms with van der Waals surface area (Å²) in [6.45, 7) is 2.50. The van der Waals surface area contributed by atoms with Gasteiger partial charge in [-0.3, -0.25) is 4.98 Å². The Kier molecular flexibility index (Phi) is 5.05. The van der Waals surface area contributed by atoms with Gasteiger partial charge in [-0.05, 0) is 48.9 Å². The number of imidazole rings is 1. The minimum atomic E-state index is 0.521. The molecule has 2 N–H and O–H groups in total. The lowest BCUT2D eigenvalue weighted by molar-refractivity contribution is 0.961. The molecule has 0 amide bonds. The summed E-state index contributed by atoms with van der Waals surface area (Å²) >= 11 is 12.1.